The monoisotopic (exact) mass is 634 g/mol. The molecule has 0 aliphatic rings. The first-order chi connectivity index (χ1) is 23.7. The molecule has 7 aromatic carbocycles. The minimum absolute atomic E-state index is 0.571. The largest absolute Gasteiger partial charge is 0.309 e. The van der Waals surface area contributed by atoms with Gasteiger partial charge in [0.15, 0.2) is 17.5 Å². The highest BCUT2D eigenvalue weighted by Gasteiger charge is 2.16. The lowest BCUT2D eigenvalue weighted by Gasteiger charge is -2.12. The van der Waals surface area contributed by atoms with Crippen molar-refractivity contribution in [2.24, 2.45) is 0 Å². The normalized spacial score (nSPS) is 11.4. The van der Waals surface area contributed by atoms with Crippen LogP contribution in [-0.4, -0.2) is 19.5 Å². The summed E-state index contributed by atoms with van der Waals surface area (Å²) in [7, 11) is 0. The van der Waals surface area contributed by atoms with E-state index < -0.39 is 0 Å². The highest BCUT2D eigenvalue weighted by atomic mass is 35.5. The fourth-order valence-electron chi connectivity index (χ4n) is 6.56. The van der Waals surface area contributed by atoms with Gasteiger partial charge in [-0.05, 0) is 70.4 Å². The van der Waals surface area contributed by atoms with Crippen LogP contribution >= 0.6 is 11.6 Å². The number of aromatic nitrogens is 4. The molecular weight excluding hydrogens is 608 g/mol. The molecule has 0 atom stereocenters. The second kappa shape index (κ2) is 11.6. The van der Waals surface area contributed by atoms with Gasteiger partial charge in [0.05, 0.1) is 11.0 Å². The molecule has 5 heteroatoms. The molecule has 0 saturated heterocycles. The quantitative estimate of drug-likeness (QED) is 0.189. The third kappa shape index (κ3) is 5.00. The number of rotatable bonds is 5. The molecule has 0 radical (unpaired) electrons. The van der Waals surface area contributed by atoms with Crippen molar-refractivity contribution in [2.75, 3.05) is 0 Å². The van der Waals surface area contributed by atoms with Gasteiger partial charge >= 0.3 is 0 Å². The molecule has 0 saturated carbocycles. The molecule has 2 aromatic heterocycles. The molecule has 9 aromatic rings. The second-order valence-electron chi connectivity index (χ2n) is 11.9. The van der Waals surface area contributed by atoms with Crippen molar-refractivity contribution in [3.05, 3.63) is 169 Å². The first-order valence-corrected chi connectivity index (χ1v) is 16.3. The van der Waals surface area contributed by atoms with Crippen LogP contribution in [0.5, 0.6) is 0 Å². The van der Waals surface area contributed by atoms with E-state index in [1.165, 1.54) is 27.3 Å². The summed E-state index contributed by atoms with van der Waals surface area (Å²) in [6.45, 7) is 0. The van der Waals surface area contributed by atoms with Gasteiger partial charge < -0.3 is 4.57 Å². The highest BCUT2D eigenvalue weighted by molar-refractivity contribution is 6.30. The average Bonchev–Trinajstić information content (AvgIpc) is 3.48. The fourth-order valence-corrected chi connectivity index (χ4v) is 6.75. The predicted molar refractivity (Wildman–Crippen MR) is 198 cm³/mol. The standard InChI is InChI=1S/C43H27ClN4/c44-35-16-8-14-32(25-35)41-45-42(47-43(46-41)34-21-20-29-12-4-5-13-30(29)24-34)33-15-9-17-36(26-33)48-39-19-7-6-18-37(39)38-27-31(22-23-40(38)48)28-10-2-1-3-11-28/h1-27H. The maximum Gasteiger partial charge on any atom is 0.164 e. The fraction of sp³-hybridized carbons (Fsp3) is 0. The Labute approximate surface area is 282 Å². The number of hydrogen-bond donors (Lipinski definition) is 0. The van der Waals surface area contributed by atoms with Gasteiger partial charge in [-0.1, -0.05) is 127 Å². The summed E-state index contributed by atoms with van der Waals surface area (Å²) in [5.74, 6) is 1.77. The van der Waals surface area contributed by atoms with Crippen molar-refractivity contribution in [1.29, 1.82) is 0 Å². The van der Waals surface area contributed by atoms with Crippen LogP contribution in [-0.2, 0) is 0 Å². The molecular formula is C43H27ClN4. The summed E-state index contributed by atoms with van der Waals surface area (Å²) in [5.41, 5.74) is 8.36. The Balaban J connectivity index is 1.22. The van der Waals surface area contributed by atoms with Crippen LogP contribution in [0.15, 0.2) is 164 Å². The van der Waals surface area contributed by atoms with Crippen molar-refractivity contribution in [2.45, 2.75) is 0 Å². The number of hydrogen-bond acceptors (Lipinski definition) is 3. The number of benzene rings is 7. The van der Waals surface area contributed by atoms with E-state index in [0.717, 1.165) is 38.8 Å². The summed E-state index contributed by atoms with van der Waals surface area (Å²) in [6, 6.07) is 56.6. The summed E-state index contributed by atoms with van der Waals surface area (Å²) in [6.07, 6.45) is 0. The third-order valence-electron chi connectivity index (χ3n) is 8.87. The van der Waals surface area contributed by atoms with Crippen LogP contribution < -0.4 is 0 Å². The predicted octanol–water partition coefficient (Wildman–Crippen LogP) is 11.4. The number of halogens is 1. The van der Waals surface area contributed by atoms with E-state index in [4.69, 9.17) is 26.6 Å². The molecule has 2 heterocycles. The molecule has 48 heavy (non-hydrogen) atoms. The van der Waals surface area contributed by atoms with Crippen LogP contribution in [0.4, 0.5) is 0 Å². The van der Waals surface area contributed by atoms with Gasteiger partial charge in [-0.2, -0.15) is 0 Å². The van der Waals surface area contributed by atoms with E-state index >= 15 is 0 Å². The maximum absolute atomic E-state index is 6.42. The topological polar surface area (TPSA) is 43.6 Å². The van der Waals surface area contributed by atoms with Crippen LogP contribution in [0, 0.1) is 0 Å². The van der Waals surface area contributed by atoms with Crippen LogP contribution in [0.1, 0.15) is 0 Å². The maximum atomic E-state index is 6.42. The van der Waals surface area contributed by atoms with Gasteiger partial charge in [0, 0.05) is 38.2 Å². The number of para-hydroxylation sites is 1. The Bertz CT molecular complexity index is 2640. The molecule has 226 valence electrons. The molecule has 0 amide bonds. The zero-order valence-electron chi connectivity index (χ0n) is 25.8. The Morgan fingerprint density at radius 1 is 0.375 bits per heavy atom. The third-order valence-corrected chi connectivity index (χ3v) is 9.10. The van der Waals surface area contributed by atoms with Crippen molar-refractivity contribution in [1.82, 2.24) is 19.5 Å². The highest BCUT2D eigenvalue weighted by Crippen LogP contribution is 2.36. The van der Waals surface area contributed by atoms with Crippen molar-refractivity contribution >= 4 is 44.2 Å². The lowest BCUT2D eigenvalue weighted by atomic mass is 10.0. The van der Waals surface area contributed by atoms with E-state index in [9.17, 15) is 0 Å². The minimum Gasteiger partial charge on any atom is -0.309 e. The van der Waals surface area contributed by atoms with Gasteiger partial charge in [-0.15, -0.1) is 0 Å². The van der Waals surface area contributed by atoms with Crippen LogP contribution in [0.2, 0.25) is 5.02 Å². The number of nitrogens with zero attached hydrogens (tertiary/aromatic N) is 4. The lowest BCUT2D eigenvalue weighted by Crippen LogP contribution is -2.01. The molecule has 0 unspecified atom stereocenters. The zero-order valence-corrected chi connectivity index (χ0v) is 26.5. The molecule has 0 N–H and O–H groups in total. The van der Waals surface area contributed by atoms with E-state index in [0.29, 0.717) is 22.5 Å². The molecule has 0 aliphatic heterocycles. The Morgan fingerprint density at radius 2 is 0.979 bits per heavy atom. The Hall–Kier alpha value is -6.10. The van der Waals surface area contributed by atoms with Gasteiger partial charge in [0.25, 0.3) is 0 Å². The minimum atomic E-state index is 0.571. The van der Waals surface area contributed by atoms with E-state index in [1.54, 1.807) is 0 Å². The smallest absolute Gasteiger partial charge is 0.164 e. The zero-order chi connectivity index (χ0) is 32.0. The van der Waals surface area contributed by atoms with Crippen LogP contribution in [0.3, 0.4) is 0 Å². The summed E-state index contributed by atoms with van der Waals surface area (Å²) < 4.78 is 2.33. The van der Waals surface area contributed by atoms with Crippen molar-refractivity contribution in [3.63, 3.8) is 0 Å². The summed E-state index contributed by atoms with van der Waals surface area (Å²) in [5, 5.41) is 5.34. The van der Waals surface area contributed by atoms with E-state index in [-0.39, 0.29) is 0 Å². The second-order valence-corrected chi connectivity index (χ2v) is 12.3. The first kappa shape index (κ1) is 28.1. The lowest BCUT2D eigenvalue weighted by molar-refractivity contribution is 1.07. The molecule has 9 rings (SSSR count). The average molecular weight is 635 g/mol. The van der Waals surface area contributed by atoms with Gasteiger partial charge in [-0.3, -0.25) is 0 Å². The Kier molecular flexibility index (Phi) is 6.81. The Morgan fingerprint density at radius 3 is 1.77 bits per heavy atom. The first-order valence-electron chi connectivity index (χ1n) is 15.9. The van der Waals surface area contributed by atoms with Gasteiger partial charge in [-0.25, -0.2) is 15.0 Å². The van der Waals surface area contributed by atoms with Crippen LogP contribution in [0.25, 0.3) is 83.6 Å². The SMILES string of the molecule is Clc1cccc(-c2nc(-c3cccc(-n4c5ccccc5c5cc(-c6ccccc6)ccc54)c3)nc(-c3ccc4ccccc4c3)n2)c1. The molecule has 0 fully saturated rings. The van der Waals surface area contributed by atoms with E-state index in [1.807, 2.05) is 36.4 Å². The molecule has 0 bridgehead atoms. The molecule has 0 aliphatic carbocycles. The van der Waals surface area contributed by atoms with E-state index in [2.05, 4.69) is 132 Å². The van der Waals surface area contributed by atoms with Crippen molar-refractivity contribution in [3.8, 4) is 51.0 Å². The molecule has 0 spiro atoms. The summed E-state index contributed by atoms with van der Waals surface area (Å²) >= 11 is 6.42. The molecule has 4 nitrogen and oxygen atoms in total. The van der Waals surface area contributed by atoms with Crippen molar-refractivity contribution < 1.29 is 0 Å². The number of fused-ring (bicyclic) bond motifs is 4. The van der Waals surface area contributed by atoms with Gasteiger partial charge in [0.1, 0.15) is 0 Å². The summed E-state index contributed by atoms with van der Waals surface area (Å²) in [4.78, 5) is 15.0. The van der Waals surface area contributed by atoms with Gasteiger partial charge in [0.2, 0.25) is 0 Å².